The molecule has 0 bridgehead atoms. The first-order valence-corrected chi connectivity index (χ1v) is 6.68. The number of hydrogen-bond donors (Lipinski definition) is 0. The molecule has 3 aliphatic rings. The van der Waals surface area contributed by atoms with Crippen LogP contribution < -0.4 is 0 Å². The van der Waals surface area contributed by atoms with Crippen LogP contribution in [0.3, 0.4) is 0 Å². The predicted octanol–water partition coefficient (Wildman–Crippen LogP) is -0.142. The third-order valence-electron chi connectivity index (χ3n) is 3.27. The van der Waals surface area contributed by atoms with Crippen molar-refractivity contribution in [1.29, 1.82) is 0 Å². The maximum atomic E-state index is 10.8. The smallest absolute Gasteiger partial charge is 0.430 e. The summed E-state index contributed by atoms with van der Waals surface area (Å²) in [5, 5.41) is 0. The van der Waals surface area contributed by atoms with Crippen LogP contribution in [-0.2, 0) is 33.2 Å². The number of hydrogen-bond acceptors (Lipinski definition) is 9. The lowest BCUT2D eigenvalue weighted by Crippen LogP contribution is -2.35. The molecule has 21 heavy (non-hydrogen) atoms. The van der Waals surface area contributed by atoms with Gasteiger partial charge in [-0.25, -0.2) is 9.59 Å². The summed E-state index contributed by atoms with van der Waals surface area (Å²) in [6, 6.07) is 0. The molecule has 9 heteroatoms. The Morgan fingerprint density at radius 3 is 1.67 bits per heavy atom. The molecule has 0 N–H and O–H groups in total. The Morgan fingerprint density at radius 2 is 1.29 bits per heavy atom. The summed E-state index contributed by atoms with van der Waals surface area (Å²) >= 11 is 0. The topological polar surface area (TPSA) is 98.8 Å². The number of rotatable bonds is 6. The molecule has 4 unspecified atom stereocenters. The van der Waals surface area contributed by atoms with Gasteiger partial charge < -0.3 is 33.2 Å². The van der Waals surface area contributed by atoms with E-state index in [1.54, 1.807) is 0 Å². The number of cyclic esters (lactones) is 4. The molecule has 0 spiro atoms. The van der Waals surface area contributed by atoms with Crippen LogP contribution >= 0.6 is 0 Å². The van der Waals surface area contributed by atoms with Gasteiger partial charge in [-0.1, -0.05) is 0 Å². The molecule has 3 heterocycles. The van der Waals surface area contributed by atoms with Crippen LogP contribution in [0.4, 0.5) is 9.59 Å². The summed E-state index contributed by atoms with van der Waals surface area (Å²) < 4.78 is 35.7. The lowest BCUT2D eigenvalue weighted by atomic mass is 10.2. The predicted molar refractivity (Wildman–Crippen MR) is 62.7 cm³/mol. The van der Waals surface area contributed by atoms with Crippen molar-refractivity contribution >= 4 is 12.3 Å². The molecule has 0 aromatic carbocycles. The Bertz CT molecular complexity index is 362. The van der Waals surface area contributed by atoms with E-state index in [1.807, 2.05) is 0 Å². The second kappa shape index (κ2) is 6.46. The molecule has 0 aromatic rings. The van der Waals surface area contributed by atoms with E-state index >= 15 is 0 Å². The Balaban J connectivity index is 1.38. The van der Waals surface area contributed by atoms with Crippen LogP contribution in [0.1, 0.15) is 0 Å². The Hall–Kier alpha value is -1.58. The number of ether oxygens (including phenoxy) is 7. The van der Waals surface area contributed by atoms with Gasteiger partial charge in [-0.3, -0.25) is 0 Å². The summed E-state index contributed by atoms with van der Waals surface area (Å²) in [5.41, 5.74) is 0. The standard InChI is InChI=1S/C12H16O9/c13-11-18-3-7(20-11)1-16-9-5-15-6-10(9)17-2-8-4-19-12(14)21-8/h7-10H,1-6H2. The quantitative estimate of drug-likeness (QED) is 0.620. The molecule has 3 aliphatic heterocycles. The average molecular weight is 304 g/mol. The first-order chi connectivity index (χ1) is 10.2. The monoisotopic (exact) mass is 304 g/mol. The fourth-order valence-corrected chi connectivity index (χ4v) is 2.18. The van der Waals surface area contributed by atoms with E-state index in [2.05, 4.69) is 9.47 Å². The van der Waals surface area contributed by atoms with Crippen LogP contribution in [0.2, 0.25) is 0 Å². The fourth-order valence-electron chi connectivity index (χ4n) is 2.18. The maximum absolute atomic E-state index is 10.8. The molecule has 3 rings (SSSR count). The second-order valence-electron chi connectivity index (χ2n) is 4.88. The average Bonchev–Trinajstić information content (AvgIpc) is 3.16. The summed E-state index contributed by atoms with van der Waals surface area (Å²) in [6.07, 6.45) is -2.68. The van der Waals surface area contributed by atoms with Gasteiger partial charge in [0.1, 0.15) is 25.4 Å². The summed E-state index contributed by atoms with van der Waals surface area (Å²) in [4.78, 5) is 21.6. The van der Waals surface area contributed by atoms with Gasteiger partial charge in [0.25, 0.3) is 0 Å². The lowest BCUT2D eigenvalue weighted by molar-refractivity contribution is -0.0783. The highest BCUT2D eigenvalue weighted by Crippen LogP contribution is 2.17. The third-order valence-corrected chi connectivity index (χ3v) is 3.27. The molecule has 3 saturated heterocycles. The molecule has 3 fully saturated rings. The first-order valence-electron chi connectivity index (χ1n) is 6.68. The van der Waals surface area contributed by atoms with E-state index in [0.717, 1.165) is 0 Å². The van der Waals surface area contributed by atoms with Crippen molar-refractivity contribution in [2.24, 2.45) is 0 Å². The third kappa shape index (κ3) is 3.74. The van der Waals surface area contributed by atoms with E-state index in [1.165, 1.54) is 0 Å². The van der Waals surface area contributed by atoms with Crippen LogP contribution in [0.15, 0.2) is 0 Å². The van der Waals surface area contributed by atoms with Gasteiger partial charge in [-0.2, -0.15) is 0 Å². The normalized spacial score (nSPS) is 35.2. The van der Waals surface area contributed by atoms with Crippen molar-refractivity contribution in [3.8, 4) is 0 Å². The molecule has 4 atom stereocenters. The summed E-state index contributed by atoms with van der Waals surface area (Å²) in [6.45, 7) is 1.61. The highest BCUT2D eigenvalue weighted by Gasteiger charge is 2.34. The van der Waals surface area contributed by atoms with Gasteiger partial charge in [0.2, 0.25) is 0 Å². The number of carbonyl (C=O) groups is 2. The lowest BCUT2D eigenvalue weighted by Gasteiger charge is -2.20. The van der Waals surface area contributed by atoms with Crippen molar-refractivity contribution in [3.63, 3.8) is 0 Å². The van der Waals surface area contributed by atoms with Crippen LogP contribution in [0.25, 0.3) is 0 Å². The van der Waals surface area contributed by atoms with Gasteiger partial charge in [0, 0.05) is 0 Å². The minimum absolute atomic E-state index is 0.188. The zero-order valence-electron chi connectivity index (χ0n) is 11.2. The minimum Gasteiger partial charge on any atom is -0.430 e. The van der Waals surface area contributed by atoms with Gasteiger partial charge in [-0.05, 0) is 0 Å². The fraction of sp³-hybridized carbons (Fsp3) is 0.833. The van der Waals surface area contributed by atoms with Crippen molar-refractivity contribution in [2.75, 3.05) is 39.6 Å². The molecular weight excluding hydrogens is 288 g/mol. The SMILES string of the molecule is O=C1OCC(COC2COCC2OCC2COC(=O)O2)O1. The van der Waals surface area contributed by atoms with E-state index in [4.69, 9.17) is 23.7 Å². The second-order valence-corrected chi connectivity index (χ2v) is 4.88. The Kier molecular flexibility index (Phi) is 4.42. The highest BCUT2D eigenvalue weighted by molar-refractivity contribution is 5.62. The summed E-state index contributed by atoms with van der Waals surface area (Å²) in [5.74, 6) is 0. The van der Waals surface area contributed by atoms with Crippen molar-refractivity contribution in [2.45, 2.75) is 24.4 Å². The molecule has 118 valence electrons. The van der Waals surface area contributed by atoms with Gasteiger partial charge in [0.05, 0.1) is 26.4 Å². The van der Waals surface area contributed by atoms with Gasteiger partial charge >= 0.3 is 12.3 Å². The molecule has 0 saturated carbocycles. The van der Waals surface area contributed by atoms with Gasteiger partial charge in [-0.15, -0.1) is 0 Å². The van der Waals surface area contributed by atoms with Crippen molar-refractivity contribution in [1.82, 2.24) is 0 Å². The Morgan fingerprint density at radius 1 is 0.810 bits per heavy atom. The van der Waals surface area contributed by atoms with Crippen LogP contribution in [0, 0.1) is 0 Å². The Labute approximate surface area is 120 Å². The van der Waals surface area contributed by atoms with E-state index in [9.17, 15) is 9.59 Å². The number of carbonyl (C=O) groups excluding carboxylic acids is 2. The van der Waals surface area contributed by atoms with Crippen molar-refractivity contribution in [3.05, 3.63) is 0 Å². The molecule has 0 aliphatic carbocycles. The molecule has 9 nitrogen and oxygen atoms in total. The molecule has 0 aromatic heterocycles. The minimum atomic E-state index is -0.679. The van der Waals surface area contributed by atoms with Crippen LogP contribution in [0.5, 0.6) is 0 Å². The van der Waals surface area contributed by atoms with Gasteiger partial charge in [0.15, 0.2) is 12.2 Å². The zero-order chi connectivity index (χ0) is 14.7. The maximum Gasteiger partial charge on any atom is 0.508 e. The zero-order valence-corrected chi connectivity index (χ0v) is 11.2. The highest BCUT2D eigenvalue weighted by atomic mass is 16.8. The van der Waals surface area contributed by atoms with E-state index in [0.29, 0.717) is 13.2 Å². The molecular formula is C12H16O9. The van der Waals surface area contributed by atoms with E-state index < -0.39 is 24.5 Å². The molecule has 0 amide bonds. The summed E-state index contributed by atoms with van der Waals surface area (Å²) in [7, 11) is 0. The molecule has 0 radical (unpaired) electrons. The largest absolute Gasteiger partial charge is 0.508 e. The first kappa shape index (κ1) is 14.4. The van der Waals surface area contributed by atoms with Crippen molar-refractivity contribution < 1.29 is 42.7 Å². The van der Waals surface area contributed by atoms with Crippen LogP contribution in [-0.4, -0.2) is 76.4 Å². The van der Waals surface area contributed by atoms with E-state index in [-0.39, 0.29) is 38.6 Å².